The molecule has 2 unspecified atom stereocenters. The van der Waals surface area contributed by atoms with E-state index >= 15 is 0 Å². The summed E-state index contributed by atoms with van der Waals surface area (Å²) in [4.78, 5) is 0. The van der Waals surface area contributed by atoms with Gasteiger partial charge in [0, 0.05) is 25.7 Å². The molecule has 2 atom stereocenters. The van der Waals surface area contributed by atoms with Gasteiger partial charge in [0.15, 0.2) is 0 Å². The minimum Gasteiger partial charge on any atom is -0.395 e. The summed E-state index contributed by atoms with van der Waals surface area (Å²) in [5, 5.41) is 9.37. The van der Waals surface area contributed by atoms with Gasteiger partial charge in [0.2, 0.25) is 0 Å². The van der Waals surface area contributed by atoms with Gasteiger partial charge in [-0.3, -0.25) is 0 Å². The summed E-state index contributed by atoms with van der Waals surface area (Å²) in [5.41, 5.74) is 0. The van der Waals surface area contributed by atoms with Crippen LogP contribution < -0.4 is 0 Å². The van der Waals surface area contributed by atoms with Crippen molar-refractivity contribution >= 4 is 10.2 Å². The fourth-order valence-corrected chi connectivity index (χ4v) is 4.46. The molecule has 0 saturated carbocycles. The lowest BCUT2D eigenvalue weighted by Crippen LogP contribution is -2.52. The number of aliphatic hydroxyl groups is 1. The minimum atomic E-state index is -3.46. The second-order valence-electron chi connectivity index (χ2n) is 5.95. The van der Waals surface area contributed by atoms with Gasteiger partial charge >= 0.3 is 0 Å². The molecule has 114 valence electrons. The Balaban J connectivity index is 2.83. The zero-order valence-corrected chi connectivity index (χ0v) is 13.4. The Morgan fingerprint density at radius 3 is 2.47 bits per heavy atom. The highest BCUT2D eigenvalue weighted by Crippen LogP contribution is 2.24. The highest BCUT2D eigenvalue weighted by molar-refractivity contribution is 7.86. The Kier molecular flexibility index (Phi) is 6.23. The number of hydrogen-bond acceptors (Lipinski definition) is 3. The number of aliphatic hydroxyl groups excluding tert-OH is 1. The second kappa shape index (κ2) is 7.02. The van der Waals surface area contributed by atoms with E-state index < -0.39 is 10.2 Å². The van der Waals surface area contributed by atoms with E-state index in [0.29, 0.717) is 12.5 Å². The van der Waals surface area contributed by atoms with Crippen molar-refractivity contribution in [3.05, 3.63) is 0 Å². The Morgan fingerprint density at radius 1 is 1.32 bits per heavy atom. The van der Waals surface area contributed by atoms with Crippen molar-refractivity contribution in [1.82, 2.24) is 8.61 Å². The fraction of sp³-hybridized carbons (Fsp3) is 1.00. The molecular formula is C13H28N2O3S. The molecule has 1 saturated heterocycles. The zero-order chi connectivity index (χ0) is 14.6. The summed E-state index contributed by atoms with van der Waals surface area (Å²) in [7, 11) is -1.82. The largest absolute Gasteiger partial charge is 0.395 e. The maximum absolute atomic E-state index is 12.6. The van der Waals surface area contributed by atoms with Gasteiger partial charge in [-0.25, -0.2) is 0 Å². The van der Waals surface area contributed by atoms with E-state index in [2.05, 4.69) is 13.8 Å². The average Bonchev–Trinajstić information content (AvgIpc) is 2.36. The van der Waals surface area contributed by atoms with Crippen LogP contribution in [0.5, 0.6) is 0 Å². The van der Waals surface area contributed by atoms with E-state index in [0.717, 1.165) is 25.7 Å². The van der Waals surface area contributed by atoms with Crippen LogP contribution in [0, 0.1) is 5.92 Å². The minimum absolute atomic E-state index is 0.0220. The van der Waals surface area contributed by atoms with Crippen LogP contribution in [0.3, 0.4) is 0 Å². The van der Waals surface area contributed by atoms with Gasteiger partial charge in [-0.05, 0) is 32.1 Å². The van der Waals surface area contributed by atoms with Gasteiger partial charge in [-0.2, -0.15) is 17.0 Å². The van der Waals surface area contributed by atoms with E-state index in [1.54, 1.807) is 7.05 Å². The molecule has 19 heavy (non-hydrogen) atoms. The molecule has 6 heteroatoms. The van der Waals surface area contributed by atoms with E-state index in [1.807, 2.05) is 6.92 Å². The van der Waals surface area contributed by atoms with Gasteiger partial charge in [-0.15, -0.1) is 0 Å². The number of nitrogens with zero attached hydrogens (tertiary/aromatic N) is 2. The highest BCUT2D eigenvalue weighted by atomic mass is 32.2. The first kappa shape index (κ1) is 16.9. The molecule has 5 nitrogen and oxygen atoms in total. The SMILES string of the molecule is CC(C)CC(C)N(C)S(=O)(=O)N1CCCCC1CO. The first-order valence-electron chi connectivity index (χ1n) is 7.16. The third-order valence-electron chi connectivity index (χ3n) is 3.88. The molecule has 0 radical (unpaired) electrons. The molecule has 1 aliphatic heterocycles. The van der Waals surface area contributed by atoms with Gasteiger partial charge in [0.1, 0.15) is 0 Å². The topological polar surface area (TPSA) is 60.9 Å². The Labute approximate surface area is 117 Å². The van der Waals surface area contributed by atoms with E-state index in [9.17, 15) is 13.5 Å². The number of hydrogen-bond donors (Lipinski definition) is 1. The molecule has 0 amide bonds. The van der Waals surface area contributed by atoms with Crippen molar-refractivity contribution in [2.24, 2.45) is 5.92 Å². The van der Waals surface area contributed by atoms with Crippen LogP contribution in [-0.4, -0.2) is 54.4 Å². The van der Waals surface area contributed by atoms with Crippen molar-refractivity contribution in [3.8, 4) is 0 Å². The van der Waals surface area contributed by atoms with Crippen LogP contribution in [0.25, 0.3) is 0 Å². The van der Waals surface area contributed by atoms with Crippen LogP contribution >= 0.6 is 0 Å². The third-order valence-corrected chi connectivity index (χ3v) is 6.04. The van der Waals surface area contributed by atoms with Crippen LogP contribution in [0.15, 0.2) is 0 Å². The summed E-state index contributed by atoms with van der Waals surface area (Å²) < 4.78 is 28.2. The van der Waals surface area contributed by atoms with Gasteiger partial charge < -0.3 is 5.11 Å². The van der Waals surface area contributed by atoms with Crippen molar-refractivity contribution in [1.29, 1.82) is 0 Å². The molecule has 0 bridgehead atoms. The lowest BCUT2D eigenvalue weighted by Gasteiger charge is -2.38. The van der Waals surface area contributed by atoms with Crippen molar-refractivity contribution < 1.29 is 13.5 Å². The van der Waals surface area contributed by atoms with Crippen molar-refractivity contribution in [3.63, 3.8) is 0 Å². The summed E-state index contributed by atoms with van der Waals surface area (Å²) >= 11 is 0. The van der Waals surface area contributed by atoms with Gasteiger partial charge in [0.05, 0.1) is 6.61 Å². The van der Waals surface area contributed by atoms with E-state index in [-0.39, 0.29) is 18.7 Å². The molecule has 1 heterocycles. The molecule has 0 aromatic heterocycles. The molecule has 0 aromatic carbocycles. The first-order chi connectivity index (χ1) is 8.80. The van der Waals surface area contributed by atoms with Crippen molar-refractivity contribution in [2.75, 3.05) is 20.2 Å². The molecule has 0 aliphatic carbocycles. The average molecular weight is 292 g/mol. The monoisotopic (exact) mass is 292 g/mol. The molecule has 1 rings (SSSR count). The first-order valence-corrected chi connectivity index (χ1v) is 8.56. The lowest BCUT2D eigenvalue weighted by atomic mass is 10.1. The predicted octanol–water partition coefficient (Wildman–Crippen LogP) is 1.44. The quantitative estimate of drug-likeness (QED) is 0.806. The summed E-state index contributed by atoms with van der Waals surface area (Å²) in [6.07, 6.45) is 3.46. The molecule has 0 aromatic rings. The van der Waals surface area contributed by atoms with Crippen LogP contribution in [0.2, 0.25) is 0 Å². The molecule has 0 spiro atoms. The van der Waals surface area contributed by atoms with Crippen LogP contribution in [0.4, 0.5) is 0 Å². The highest BCUT2D eigenvalue weighted by Gasteiger charge is 2.36. The summed E-state index contributed by atoms with van der Waals surface area (Å²) in [6, 6.07) is -0.279. The molecule has 1 fully saturated rings. The summed E-state index contributed by atoms with van der Waals surface area (Å²) in [5.74, 6) is 0.461. The second-order valence-corrected chi connectivity index (χ2v) is 7.89. The maximum Gasteiger partial charge on any atom is 0.282 e. The Bertz CT molecular complexity index is 370. The third kappa shape index (κ3) is 4.15. The van der Waals surface area contributed by atoms with Gasteiger partial charge in [0.25, 0.3) is 10.2 Å². The zero-order valence-electron chi connectivity index (χ0n) is 12.5. The van der Waals surface area contributed by atoms with Crippen LogP contribution in [-0.2, 0) is 10.2 Å². The van der Waals surface area contributed by atoms with E-state index in [4.69, 9.17) is 0 Å². The Hall–Kier alpha value is -0.170. The van der Waals surface area contributed by atoms with Crippen molar-refractivity contribution in [2.45, 2.75) is 58.5 Å². The van der Waals surface area contributed by atoms with Gasteiger partial charge in [-0.1, -0.05) is 20.3 Å². The van der Waals surface area contributed by atoms with Crippen LogP contribution in [0.1, 0.15) is 46.5 Å². The number of piperidine rings is 1. The standard InChI is InChI=1S/C13H28N2O3S/c1-11(2)9-12(3)14(4)19(17,18)15-8-6-5-7-13(15)10-16/h11-13,16H,5-10H2,1-4H3. The maximum atomic E-state index is 12.6. The Morgan fingerprint density at radius 2 is 1.95 bits per heavy atom. The number of rotatable bonds is 6. The van der Waals surface area contributed by atoms with E-state index in [1.165, 1.54) is 8.61 Å². The lowest BCUT2D eigenvalue weighted by molar-refractivity contribution is 0.146. The molecule has 1 aliphatic rings. The molecular weight excluding hydrogens is 264 g/mol. The normalized spacial score (nSPS) is 24.1. The molecule has 1 N–H and O–H groups in total. The summed E-state index contributed by atoms with van der Waals surface area (Å²) in [6.45, 7) is 6.55. The smallest absolute Gasteiger partial charge is 0.282 e. The predicted molar refractivity (Wildman–Crippen MR) is 77.0 cm³/mol. The fourth-order valence-electron chi connectivity index (χ4n) is 2.68.